The van der Waals surface area contributed by atoms with Gasteiger partial charge in [0.1, 0.15) is 11.7 Å². The Bertz CT molecular complexity index is 878. The number of alkyl halides is 3. The van der Waals surface area contributed by atoms with Gasteiger partial charge in [-0.1, -0.05) is 51.3 Å². The highest BCUT2D eigenvalue weighted by atomic mass is 79.9. The monoisotopic (exact) mass is 468 g/mol. The van der Waals surface area contributed by atoms with Crippen LogP contribution < -0.4 is 0 Å². The molecule has 0 amide bonds. The first-order valence-electron chi connectivity index (χ1n) is 7.20. The van der Waals surface area contributed by atoms with E-state index in [0.717, 1.165) is 12.1 Å². The fraction of sp³-hybridized carbons (Fsp3) is 0.167. The summed E-state index contributed by atoms with van der Waals surface area (Å²) in [5, 5.41) is 0.0466. The third-order valence-corrected chi connectivity index (χ3v) is 4.99. The predicted molar refractivity (Wildman–Crippen MR) is 98.5 cm³/mol. The Labute approximate surface area is 165 Å². The van der Waals surface area contributed by atoms with Gasteiger partial charge in [0, 0.05) is 15.6 Å². The average molecular weight is 470 g/mol. The third kappa shape index (κ3) is 4.87. The number of Topliss-reactive ketones (excluding diaryl/α,β-unsaturated/α-hetero) is 1. The molecule has 1 nitrogen and oxygen atoms in total. The van der Waals surface area contributed by atoms with Crippen LogP contribution in [0.25, 0.3) is 5.83 Å². The molecule has 0 N–H and O–H groups in total. The third-order valence-electron chi connectivity index (χ3n) is 3.59. The number of carbonyl (C=O) groups excluding carboxylic acids is 1. The van der Waals surface area contributed by atoms with Gasteiger partial charge in [0.15, 0.2) is 5.78 Å². The van der Waals surface area contributed by atoms with E-state index in [0.29, 0.717) is 16.1 Å². The quantitative estimate of drug-likeness (QED) is 0.332. The maximum atomic E-state index is 14.5. The van der Waals surface area contributed by atoms with E-state index in [-0.39, 0.29) is 27.0 Å². The van der Waals surface area contributed by atoms with E-state index >= 15 is 0 Å². The van der Waals surface area contributed by atoms with Gasteiger partial charge >= 0.3 is 6.18 Å². The molecule has 0 spiro atoms. The minimum Gasteiger partial charge on any atom is -0.294 e. The van der Waals surface area contributed by atoms with Crippen molar-refractivity contribution in [3.63, 3.8) is 0 Å². The zero-order valence-corrected chi connectivity index (χ0v) is 16.3. The highest BCUT2D eigenvalue weighted by molar-refractivity contribution is 9.10. The van der Waals surface area contributed by atoms with E-state index in [1.807, 2.05) is 0 Å². The Morgan fingerprint density at radius 1 is 1.12 bits per heavy atom. The standard InChI is InChI=1S/C18H11BrCl2F4O/c1-9(26)12-4-2-11(6-14(12)19)17(22)8-13(18(23,24)25)10-3-5-15(20)16(21)7-10/h2-8,13H,1H3/b17-8-. The summed E-state index contributed by atoms with van der Waals surface area (Å²) in [4.78, 5) is 11.4. The van der Waals surface area contributed by atoms with Crippen LogP contribution in [0.3, 0.4) is 0 Å². The summed E-state index contributed by atoms with van der Waals surface area (Å²) in [6.07, 6.45) is -4.26. The molecule has 0 aliphatic heterocycles. The van der Waals surface area contributed by atoms with E-state index < -0.39 is 17.9 Å². The number of ketones is 1. The Morgan fingerprint density at radius 3 is 2.27 bits per heavy atom. The molecule has 2 rings (SSSR count). The van der Waals surface area contributed by atoms with Crippen LogP contribution in [-0.4, -0.2) is 12.0 Å². The molecule has 0 aliphatic carbocycles. The molecule has 0 heterocycles. The van der Waals surface area contributed by atoms with Crippen molar-refractivity contribution in [2.45, 2.75) is 19.0 Å². The Hall–Kier alpha value is -1.37. The van der Waals surface area contributed by atoms with Gasteiger partial charge in [0.2, 0.25) is 0 Å². The van der Waals surface area contributed by atoms with Crippen LogP contribution in [0.2, 0.25) is 10.0 Å². The van der Waals surface area contributed by atoms with Crippen molar-refractivity contribution >= 4 is 50.7 Å². The van der Waals surface area contributed by atoms with Crippen molar-refractivity contribution in [2.24, 2.45) is 0 Å². The zero-order valence-electron chi connectivity index (χ0n) is 13.2. The topological polar surface area (TPSA) is 17.1 Å². The highest BCUT2D eigenvalue weighted by Gasteiger charge is 2.40. The largest absolute Gasteiger partial charge is 0.399 e. The van der Waals surface area contributed by atoms with Crippen LogP contribution in [0.5, 0.6) is 0 Å². The second-order valence-electron chi connectivity index (χ2n) is 5.46. The van der Waals surface area contributed by atoms with Crippen LogP contribution in [-0.2, 0) is 0 Å². The van der Waals surface area contributed by atoms with Gasteiger partial charge < -0.3 is 0 Å². The first-order valence-corrected chi connectivity index (χ1v) is 8.75. The van der Waals surface area contributed by atoms with Gasteiger partial charge in [-0.25, -0.2) is 4.39 Å². The fourth-order valence-corrected chi connectivity index (χ4v) is 3.24. The number of hydrogen-bond donors (Lipinski definition) is 0. The van der Waals surface area contributed by atoms with Crippen LogP contribution in [0.4, 0.5) is 17.6 Å². The number of benzene rings is 2. The molecule has 0 bridgehead atoms. The summed E-state index contributed by atoms with van der Waals surface area (Å²) in [6.45, 7) is 1.33. The summed E-state index contributed by atoms with van der Waals surface area (Å²) in [6, 6.07) is 7.27. The Kier molecular flexibility index (Phi) is 6.53. The summed E-state index contributed by atoms with van der Waals surface area (Å²) in [7, 11) is 0. The number of hydrogen-bond acceptors (Lipinski definition) is 1. The lowest BCUT2D eigenvalue weighted by atomic mass is 9.96. The predicted octanol–water partition coefficient (Wildman–Crippen LogP) is 7.62. The van der Waals surface area contributed by atoms with E-state index in [4.69, 9.17) is 23.2 Å². The summed E-state index contributed by atoms with van der Waals surface area (Å²) in [5.74, 6) is -3.53. The molecule has 1 unspecified atom stereocenters. The van der Waals surface area contributed by atoms with Gasteiger partial charge in [-0.15, -0.1) is 0 Å². The lowest BCUT2D eigenvalue weighted by Crippen LogP contribution is -2.19. The Balaban J connectivity index is 2.48. The van der Waals surface area contributed by atoms with Crippen molar-refractivity contribution in [2.75, 3.05) is 0 Å². The molecule has 0 aromatic heterocycles. The molecule has 8 heteroatoms. The molecule has 138 valence electrons. The lowest BCUT2D eigenvalue weighted by Gasteiger charge is -2.18. The zero-order chi connectivity index (χ0) is 19.6. The van der Waals surface area contributed by atoms with Crippen molar-refractivity contribution in [1.29, 1.82) is 0 Å². The van der Waals surface area contributed by atoms with Crippen LogP contribution in [0.1, 0.15) is 34.3 Å². The normalized spacial score (nSPS) is 13.6. The van der Waals surface area contributed by atoms with E-state index in [1.165, 1.54) is 31.2 Å². The Morgan fingerprint density at radius 2 is 1.77 bits per heavy atom. The maximum absolute atomic E-state index is 14.5. The van der Waals surface area contributed by atoms with Crippen molar-refractivity contribution in [1.82, 2.24) is 0 Å². The number of carbonyl (C=O) groups is 1. The number of halogens is 7. The lowest BCUT2D eigenvalue weighted by molar-refractivity contribution is -0.139. The van der Waals surface area contributed by atoms with Gasteiger partial charge in [0.25, 0.3) is 0 Å². The molecule has 2 aromatic carbocycles. The second kappa shape index (κ2) is 8.11. The molecule has 0 radical (unpaired) electrons. The molecule has 0 aliphatic rings. The maximum Gasteiger partial charge on any atom is 0.399 e. The SMILES string of the molecule is CC(=O)c1ccc(/C(F)=C/C(c2ccc(Cl)c(Cl)c2)C(F)(F)F)cc1Br. The van der Waals surface area contributed by atoms with E-state index in [9.17, 15) is 22.4 Å². The molecule has 2 aromatic rings. The van der Waals surface area contributed by atoms with E-state index in [1.54, 1.807) is 0 Å². The molecule has 0 fully saturated rings. The summed E-state index contributed by atoms with van der Waals surface area (Å²) in [5.41, 5.74) is -0.0175. The molecule has 26 heavy (non-hydrogen) atoms. The minimum atomic E-state index is -4.73. The smallest absolute Gasteiger partial charge is 0.294 e. The van der Waals surface area contributed by atoms with Crippen LogP contribution >= 0.6 is 39.1 Å². The fourth-order valence-electron chi connectivity index (χ4n) is 2.28. The molecule has 1 atom stereocenters. The average Bonchev–Trinajstić information content (AvgIpc) is 2.53. The molecular formula is C18H11BrCl2F4O. The highest BCUT2D eigenvalue weighted by Crippen LogP contribution is 2.40. The summed E-state index contributed by atoms with van der Waals surface area (Å²) < 4.78 is 55.1. The van der Waals surface area contributed by atoms with Crippen molar-refractivity contribution in [3.05, 3.63) is 73.7 Å². The number of allylic oxidation sites excluding steroid dienone is 1. The molecule has 0 saturated carbocycles. The van der Waals surface area contributed by atoms with Crippen LogP contribution in [0.15, 0.2) is 46.9 Å². The van der Waals surface area contributed by atoms with Crippen molar-refractivity contribution < 1.29 is 22.4 Å². The molecular weight excluding hydrogens is 459 g/mol. The van der Waals surface area contributed by atoms with Gasteiger partial charge in [-0.3, -0.25) is 4.79 Å². The first-order chi connectivity index (χ1) is 12.0. The molecule has 0 saturated heterocycles. The van der Waals surface area contributed by atoms with Gasteiger partial charge in [-0.2, -0.15) is 13.2 Å². The number of rotatable bonds is 4. The van der Waals surface area contributed by atoms with Gasteiger partial charge in [-0.05, 0) is 42.8 Å². The van der Waals surface area contributed by atoms with Crippen molar-refractivity contribution in [3.8, 4) is 0 Å². The van der Waals surface area contributed by atoms with E-state index in [2.05, 4.69) is 15.9 Å². The van der Waals surface area contributed by atoms with Gasteiger partial charge in [0.05, 0.1) is 10.0 Å². The van der Waals surface area contributed by atoms with Crippen LogP contribution in [0, 0.1) is 0 Å². The minimum absolute atomic E-state index is 0.0548. The second-order valence-corrected chi connectivity index (χ2v) is 7.13. The first kappa shape index (κ1) is 20.9. The summed E-state index contributed by atoms with van der Waals surface area (Å²) >= 11 is 14.6.